The molecule has 0 radical (unpaired) electrons. The van der Waals surface area contributed by atoms with Crippen molar-refractivity contribution in [3.05, 3.63) is 71.8 Å². The van der Waals surface area contributed by atoms with Crippen molar-refractivity contribution in [1.29, 1.82) is 0 Å². The zero-order valence-corrected chi connectivity index (χ0v) is 17.5. The number of aromatic amines is 1. The Morgan fingerprint density at radius 2 is 1.96 bits per heavy atom. The summed E-state index contributed by atoms with van der Waals surface area (Å²) in [6.07, 6.45) is 1.49. The molecule has 0 aliphatic rings. The third-order valence-electron chi connectivity index (χ3n) is 3.95. The molecule has 0 unspecified atom stereocenters. The Kier molecular flexibility index (Phi) is 7.71. The van der Waals surface area contributed by atoms with Gasteiger partial charge in [-0.25, -0.2) is 9.37 Å². The summed E-state index contributed by atoms with van der Waals surface area (Å²) < 4.78 is 13.3. The number of nitrogens with zero attached hydrogens (tertiary/aromatic N) is 4. The van der Waals surface area contributed by atoms with Crippen LogP contribution in [0.3, 0.4) is 0 Å². The number of hydrogen-bond acceptors (Lipinski definition) is 3. The van der Waals surface area contributed by atoms with Crippen LogP contribution in [0.4, 0.5) is 4.39 Å². The maximum Gasteiger partial charge on any atom is 0.193 e. The minimum Gasteiger partial charge on any atom is -0.352 e. The molecule has 1 heterocycles. The van der Waals surface area contributed by atoms with Crippen LogP contribution >= 0.6 is 24.0 Å². The monoisotopic (exact) mass is 480 g/mol. The van der Waals surface area contributed by atoms with E-state index in [1.165, 1.54) is 18.5 Å². The Morgan fingerprint density at radius 1 is 1.19 bits per heavy atom. The van der Waals surface area contributed by atoms with Crippen molar-refractivity contribution in [3.8, 4) is 11.4 Å². The van der Waals surface area contributed by atoms with Crippen LogP contribution in [-0.4, -0.2) is 40.1 Å². The van der Waals surface area contributed by atoms with Crippen LogP contribution in [-0.2, 0) is 13.1 Å². The van der Waals surface area contributed by atoms with Gasteiger partial charge in [0.2, 0.25) is 0 Å². The number of nitrogens with one attached hydrogen (secondary N) is 2. The average molecular weight is 480 g/mol. The second-order valence-electron chi connectivity index (χ2n) is 5.92. The highest BCUT2D eigenvalue weighted by molar-refractivity contribution is 14.0. The van der Waals surface area contributed by atoms with Gasteiger partial charge in [0.1, 0.15) is 12.1 Å². The molecular formula is C19H22FIN6. The van der Waals surface area contributed by atoms with Gasteiger partial charge in [0.25, 0.3) is 0 Å². The van der Waals surface area contributed by atoms with Gasteiger partial charge in [-0.2, -0.15) is 5.10 Å². The topological polar surface area (TPSA) is 69.2 Å². The van der Waals surface area contributed by atoms with Gasteiger partial charge in [0.05, 0.1) is 0 Å². The first-order chi connectivity index (χ1) is 12.7. The molecule has 27 heavy (non-hydrogen) atoms. The van der Waals surface area contributed by atoms with Gasteiger partial charge in [-0.3, -0.25) is 10.1 Å². The second-order valence-corrected chi connectivity index (χ2v) is 5.92. The van der Waals surface area contributed by atoms with Crippen molar-refractivity contribution in [2.24, 2.45) is 4.99 Å². The normalized spacial score (nSPS) is 11.0. The first kappa shape index (κ1) is 20.8. The Bertz CT molecular complexity index is 881. The highest BCUT2D eigenvalue weighted by Gasteiger charge is 2.08. The maximum atomic E-state index is 13.3. The van der Waals surface area contributed by atoms with Crippen molar-refractivity contribution in [2.75, 3.05) is 14.1 Å². The number of aromatic nitrogens is 3. The molecular weight excluding hydrogens is 458 g/mol. The van der Waals surface area contributed by atoms with E-state index in [1.807, 2.05) is 42.3 Å². The average Bonchev–Trinajstić information content (AvgIpc) is 3.17. The summed E-state index contributed by atoms with van der Waals surface area (Å²) >= 11 is 0. The van der Waals surface area contributed by atoms with Gasteiger partial charge < -0.3 is 10.2 Å². The van der Waals surface area contributed by atoms with Crippen LogP contribution in [0.5, 0.6) is 0 Å². The molecule has 0 saturated heterocycles. The summed E-state index contributed by atoms with van der Waals surface area (Å²) in [5.74, 6) is 1.24. The highest BCUT2D eigenvalue weighted by Crippen LogP contribution is 2.15. The predicted molar refractivity (Wildman–Crippen MR) is 115 cm³/mol. The fourth-order valence-electron chi connectivity index (χ4n) is 2.72. The van der Waals surface area contributed by atoms with Gasteiger partial charge >= 0.3 is 0 Å². The number of hydrogen-bond donors (Lipinski definition) is 2. The van der Waals surface area contributed by atoms with E-state index in [9.17, 15) is 4.39 Å². The molecule has 6 nitrogen and oxygen atoms in total. The standard InChI is InChI=1S/C19H21FN6.HI/c1-21-19(26(2)12-15-6-4-8-17(20)10-15)22-11-14-5-3-7-16(9-14)18-23-13-24-25-18;/h3-10,13H,11-12H2,1-2H3,(H,21,22)(H,23,24,25);1H. The minimum absolute atomic E-state index is 0. The fraction of sp³-hybridized carbons (Fsp3) is 0.211. The van der Waals surface area contributed by atoms with Gasteiger partial charge in [-0.15, -0.1) is 24.0 Å². The van der Waals surface area contributed by atoms with E-state index in [4.69, 9.17) is 0 Å². The number of aliphatic imine (C=N–C) groups is 1. The predicted octanol–water partition coefficient (Wildman–Crippen LogP) is 3.44. The van der Waals surface area contributed by atoms with E-state index < -0.39 is 0 Å². The third-order valence-corrected chi connectivity index (χ3v) is 3.95. The van der Waals surface area contributed by atoms with Crippen molar-refractivity contribution in [1.82, 2.24) is 25.4 Å². The van der Waals surface area contributed by atoms with E-state index in [0.29, 0.717) is 13.1 Å². The fourth-order valence-corrected chi connectivity index (χ4v) is 2.72. The van der Waals surface area contributed by atoms with Crippen LogP contribution in [0.15, 0.2) is 59.9 Å². The molecule has 0 aliphatic heterocycles. The van der Waals surface area contributed by atoms with Crippen molar-refractivity contribution < 1.29 is 4.39 Å². The number of H-pyrrole nitrogens is 1. The Balaban J connectivity index is 0.00000261. The zero-order chi connectivity index (χ0) is 18.4. The summed E-state index contributed by atoms with van der Waals surface area (Å²) in [5, 5.41) is 10.1. The number of benzene rings is 2. The molecule has 2 N–H and O–H groups in total. The Morgan fingerprint density at radius 3 is 2.67 bits per heavy atom. The second kappa shape index (κ2) is 10.0. The molecule has 3 rings (SSSR count). The van der Waals surface area contributed by atoms with Crippen LogP contribution in [0, 0.1) is 5.82 Å². The lowest BCUT2D eigenvalue weighted by molar-refractivity contribution is 0.474. The molecule has 0 fully saturated rings. The first-order valence-electron chi connectivity index (χ1n) is 8.26. The van der Waals surface area contributed by atoms with E-state index in [2.05, 4.69) is 25.5 Å². The van der Waals surface area contributed by atoms with Crippen molar-refractivity contribution in [3.63, 3.8) is 0 Å². The molecule has 0 saturated carbocycles. The molecule has 3 aromatic rings. The quantitative estimate of drug-likeness (QED) is 0.334. The Hall–Kier alpha value is -2.49. The molecule has 0 atom stereocenters. The molecule has 142 valence electrons. The molecule has 0 spiro atoms. The SMILES string of the molecule is CN=C(NCc1cccc(-c2ncn[nH]2)c1)N(C)Cc1cccc(F)c1.I. The first-order valence-corrected chi connectivity index (χ1v) is 8.26. The van der Waals surface area contributed by atoms with Crippen molar-refractivity contribution >= 4 is 29.9 Å². The van der Waals surface area contributed by atoms with E-state index in [0.717, 1.165) is 28.5 Å². The molecule has 1 aromatic heterocycles. The highest BCUT2D eigenvalue weighted by atomic mass is 127. The van der Waals surface area contributed by atoms with E-state index >= 15 is 0 Å². The smallest absolute Gasteiger partial charge is 0.193 e. The summed E-state index contributed by atoms with van der Waals surface area (Å²) in [7, 11) is 3.65. The number of rotatable bonds is 5. The minimum atomic E-state index is -0.233. The third kappa shape index (κ3) is 5.75. The summed E-state index contributed by atoms with van der Waals surface area (Å²) in [6.45, 7) is 1.18. The molecule has 8 heteroatoms. The van der Waals surface area contributed by atoms with E-state index in [-0.39, 0.29) is 29.8 Å². The zero-order valence-electron chi connectivity index (χ0n) is 15.2. The van der Waals surface area contributed by atoms with Crippen LogP contribution in [0.25, 0.3) is 11.4 Å². The lowest BCUT2D eigenvalue weighted by atomic mass is 10.1. The van der Waals surface area contributed by atoms with Crippen LogP contribution in [0.2, 0.25) is 0 Å². The summed E-state index contributed by atoms with van der Waals surface area (Å²) in [5.41, 5.74) is 2.96. The lowest BCUT2D eigenvalue weighted by Gasteiger charge is -2.22. The van der Waals surface area contributed by atoms with Crippen LogP contribution < -0.4 is 5.32 Å². The van der Waals surface area contributed by atoms with Crippen LogP contribution in [0.1, 0.15) is 11.1 Å². The molecule has 2 aromatic carbocycles. The molecule has 0 amide bonds. The lowest BCUT2D eigenvalue weighted by Crippen LogP contribution is -2.38. The summed E-state index contributed by atoms with van der Waals surface area (Å²) in [4.78, 5) is 10.4. The molecule has 0 bridgehead atoms. The molecule has 0 aliphatic carbocycles. The Labute approximate surface area is 175 Å². The van der Waals surface area contributed by atoms with E-state index in [1.54, 1.807) is 13.1 Å². The maximum absolute atomic E-state index is 13.3. The largest absolute Gasteiger partial charge is 0.352 e. The van der Waals surface area contributed by atoms with Gasteiger partial charge in [0, 0.05) is 32.7 Å². The van der Waals surface area contributed by atoms with Crippen molar-refractivity contribution in [2.45, 2.75) is 13.1 Å². The van der Waals surface area contributed by atoms with Gasteiger partial charge in [-0.05, 0) is 29.3 Å². The summed E-state index contributed by atoms with van der Waals surface area (Å²) in [6, 6.07) is 14.6. The van der Waals surface area contributed by atoms with Gasteiger partial charge in [0.15, 0.2) is 11.8 Å². The van der Waals surface area contributed by atoms with Gasteiger partial charge in [-0.1, -0.05) is 30.3 Å². The number of guanidine groups is 1. The number of halogens is 2.